The number of ether oxygens (including phenoxy) is 2. The maximum absolute atomic E-state index is 5.62. The summed E-state index contributed by atoms with van der Waals surface area (Å²) >= 11 is 0. The van der Waals surface area contributed by atoms with Gasteiger partial charge in [0.2, 0.25) is 5.95 Å². The fourth-order valence-corrected chi connectivity index (χ4v) is 2.71. The molecular weight excluding hydrogens is 304 g/mol. The second-order valence-corrected chi connectivity index (χ2v) is 5.65. The van der Waals surface area contributed by atoms with Gasteiger partial charge >= 0.3 is 0 Å². The molecule has 6 nitrogen and oxygen atoms in total. The Morgan fingerprint density at radius 1 is 1.12 bits per heavy atom. The van der Waals surface area contributed by atoms with E-state index in [1.165, 1.54) is 0 Å². The van der Waals surface area contributed by atoms with Crippen LogP contribution in [0.4, 0.5) is 5.95 Å². The van der Waals surface area contributed by atoms with Gasteiger partial charge in [0.1, 0.15) is 13.2 Å². The Morgan fingerprint density at radius 3 is 2.75 bits per heavy atom. The van der Waals surface area contributed by atoms with Gasteiger partial charge in [0.25, 0.3) is 0 Å². The van der Waals surface area contributed by atoms with E-state index in [1.807, 2.05) is 61.0 Å². The lowest BCUT2D eigenvalue weighted by molar-refractivity contribution is 0.171. The highest BCUT2D eigenvalue weighted by molar-refractivity contribution is 5.99. The number of nitrogens with zero attached hydrogens (tertiary/aromatic N) is 3. The lowest BCUT2D eigenvalue weighted by Crippen LogP contribution is -2.15. The Hall–Kier alpha value is -3.02. The topological polar surface area (TPSA) is 60.7 Å². The molecule has 1 N–H and O–H groups in total. The summed E-state index contributed by atoms with van der Waals surface area (Å²) in [6, 6.07) is 13.8. The number of rotatable bonds is 3. The molecule has 0 atom stereocenters. The normalized spacial score (nSPS) is 14.0. The minimum atomic E-state index is 0.574. The molecular formula is C18H18N4O2. The zero-order chi connectivity index (χ0) is 16.5. The number of imidazole rings is 1. The van der Waals surface area contributed by atoms with Gasteiger partial charge in [-0.25, -0.2) is 10.4 Å². The number of nitrogens with one attached hydrogen (secondary N) is 1. The smallest absolute Gasteiger partial charge is 0.224 e. The van der Waals surface area contributed by atoms with E-state index in [0.29, 0.717) is 19.2 Å². The maximum atomic E-state index is 5.62. The fraction of sp³-hybridized carbons (Fsp3) is 0.222. The molecule has 0 saturated heterocycles. The fourth-order valence-electron chi connectivity index (χ4n) is 2.71. The quantitative estimate of drug-likeness (QED) is 0.594. The molecule has 6 heteroatoms. The Kier molecular flexibility index (Phi) is 3.57. The summed E-state index contributed by atoms with van der Waals surface area (Å²) in [6.07, 6.45) is 0. The number of hydrogen-bond donors (Lipinski definition) is 1. The van der Waals surface area contributed by atoms with E-state index in [2.05, 4.69) is 15.5 Å². The molecule has 0 radical (unpaired) electrons. The molecule has 122 valence electrons. The van der Waals surface area contributed by atoms with Crippen LogP contribution in [0.5, 0.6) is 11.5 Å². The van der Waals surface area contributed by atoms with Crippen LogP contribution in [0.2, 0.25) is 0 Å². The largest absolute Gasteiger partial charge is 0.486 e. The average Bonchev–Trinajstić information content (AvgIpc) is 2.95. The second kappa shape index (κ2) is 5.88. The first-order chi connectivity index (χ1) is 11.7. The summed E-state index contributed by atoms with van der Waals surface area (Å²) in [7, 11) is 1.96. The predicted molar refractivity (Wildman–Crippen MR) is 94.0 cm³/mol. The zero-order valence-corrected chi connectivity index (χ0v) is 13.6. The third-order valence-electron chi connectivity index (χ3n) is 4.07. The van der Waals surface area contributed by atoms with Gasteiger partial charge in [-0.2, -0.15) is 5.10 Å². The van der Waals surface area contributed by atoms with Crippen LogP contribution in [0.25, 0.3) is 11.0 Å². The van der Waals surface area contributed by atoms with E-state index >= 15 is 0 Å². The summed E-state index contributed by atoms with van der Waals surface area (Å²) in [6.45, 7) is 3.11. The number of anilines is 1. The lowest BCUT2D eigenvalue weighted by Gasteiger charge is -2.18. The zero-order valence-electron chi connectivity index (χ0n) is 13.6. The number of para-hydroxylation sites is 2. The third kappa shape index (κ3) is 2.56. The first kappa shape index (κ1) is 14.6. The van der Waals surface area contributed by atoms with Gasteiger partial charge in [0.05, 0.1) is 16.7 Å². The van der Waals surface area contributed by atoms with Crippen molar-refractivity contribution in [3.05, 3.63) is 48.0 Å². The Bertz CT molecular complexity index is 930. The minimum Gasteiger partial charge on any atom is -0.486 e. The van der Waals surface area contributed by atoms with Gasteiger partial charge in [-0.05, 0) is 37.3 Å². The molecule has 0 spiro atoms. The summed E-state index contributed by atoms with van der Waals surface area (Å²) in [5.41, 5.74) is 6.87. The van der Waals surface area contributed by atoms with Crippen LogP contribution < -0.4 is 14.9 Å². The number of fused-ring (bicyclic) bond motifs is 2. The Morgan fingerprint density at radius 2 is 1.92 bits per heavy atom. The molecule has 2 heterocycles. The highest BCUT2D eigenvalue weighted by Gasteiger charge is 2.13. The summed E-state index contributed by atoms with van der Waals surface area (Å²) in [4.78, 5) is 4.55. The van der Waals surface area contributed by atoms with Gasteiger partial charge in [0.15, 0.2) is 11.5 Å². The third-order valence-corrected chi connectivity index (χ3v) is 4.07. The van der Waals surface area contributed by atoms with Crippen molar-refractivity contribution in [1.29, 1.82) is 0 Å². The molecule has 1 aromatic heterocycles. The predicted octanol–water partition coefficient (Wildman–Crippen LogP) is 3.18. The van der Waals surface area contributed by atoms with E-state index in [0.717, 1.165) is 33.8 Å². The van der Waals surface area contributed by atoms with Crippen molar-refractivity contribution in [2.45, 2.75) is 6.92 Å². The van der Waals surface area contributed by atoms with Gasteiger partial charge in [0, 0.05) is 12.6 Å². The molecule has 2 aromatic carbocycles. The van der Waals surface area contributed by atoms with Crippen molar-refractivity contribution < 1.29 is 9.47 Å². The van der Waals surface area contributed by atoms with Gasteiger partial charge < -0.3 is 14.0 Å². The molecule has 0 amide bonds. The van der Waals surface area contributed by atoms with Crippen LogP contribution in [-0.2, 0) is 7.05 Å². The van der Waals surface area contributed by atoms with E-state index < -0.39 is 0 Å². The molecule has 0 aliphatic carbocycles. The molecule has 0 bridgehead atoms. The summed E-state index contributed by atoms with van der Waals surface area (Å²) < 4.78 is 13.1. The molecule has 1 aliphatic rings. The first-order valence-corrected chi connectivity index (χ1v) is 7.84. The molecule has 3 aromatic rings. The van der Waals surface area contributed by atoms with E-state index in [-0.39, 0.29) is 0 Å². The van der Waals surface area contributed by atoms with Gasteiger partial charge in [-0.3, -0.25) is 0 Å². The van der Waals surface area contributed by atoms with Crippen molar-refractivity contribution in [3.63, 3.8) is 0 Å². The SMILES string of the molecule is C/C(=N\Nc1nc2ccccc2n1C)c1ccc2c(c1)OCCO2. The average molecular weight is 322 g/mol. The van der Waals surface area contributed by atoms with E-state index in [9.17, 15) is 0 Å². The molecule has 0 saturated carbocycles. The van der Waals surface area contributed by atoms with Crippen LogP contribution in [-0.4, -0.2) is 28.5 Å². The monoisotopic (exact) mass is 322 g/mol. The van der Waals surface area contributed by atoms with Crippen LogP contribution in [0, 0.1) is 0 Å². The Balaban J connectivity index is 1.59. The molecule has 0 unspecified atom stereocenters. The molecule has 24 heavy (non-hydrogen) atoms. The number of benzene rings is 2. The second-order valence-electron chi connectivity index (χ2n) is 5.65. The molecule has 0 fully saturated rings. The number of hydrazone groups is 1. The highest BCUT2D eigenvalue weighted by atomic mass is 16.6. The van der Waals surface area contributed by atoms with Crippen molar-refractivity contribution in [3.8, 4) is 11.5 Å². The van der Waals surface area contributed by atoms with E-state index in [1.54, 1.807) is 0 Å². The van der Waals surface area contributed by atoms with Gasteiger partial charge in [-0.1, -0.05) is 12.1 Å². The van der Waals surface area contributed by atoms with E-state index in [4.69, 9.17) is 9.47 Å². The number of hydrogen-bond acceptors (Lipinski definition) is 5. The summed E-state index contributed by atoms with van der Waals surface area (Å²) in [5.74, 6) is 2.24. The number of aryl methyl sites for hydroxylation is 1. The van der Waals surface area contributed by atoms with Gasteiger partial charge in [-0.15, -0.1) is 0 Å². The van der Waals surface area contributed by atoms with Crippen LogP contribution >= 0.6 is 0 Å². The van der Waals surface area contributed by atoms with Crippen LogP contribution in [0.3, 0.4) is 0 Å². The van der Waals surface area contributed by atoms with Crippen LogP contribution in [0.15, 0.2) is 47.6 Å². The first-order valence-electron chi connectivity index (χ1n) is 7.84. The maximum Gasteiger partial charge on any atom is 0.224 e. The van der Waals surface area contributed by atoms with Crippen LogP contribution in [0.1, 0.15) is 12.5 Å². The summed E-state index contributed by atoms with van der Waals surface area (Å²) in [5, 5.41) is 4.46. The molecule has 1 aliphatic heterocycles. The lowest BCUT2D eigenvalue weighted by atomic mass is 10.1. The van der Waals surface area contributed by atoms with Crippen molar-refractivity contribution in [2.75, 3.05) is 18.6 Å². The minimum absolute atomic E-state index is 0.574. The standard InChI is InChI=1S/C18H18N4O2/c1-12(13-7-8-16-17(11-13)24-10-9-23-16)20-21-18-19-14-5-3-4-6-15(14)22(18)2/h3-8,11H,9-10H2,1-2H3,(H,19,21)/b20-12+. The van der Waals surface area contributed by atoms with Crippen molar-refractivity contribution in [1.82, 2.24) is 9.55 Å². The highest BCUT2D eigenvalue weighted by Crippen LogP contribution is 2.31. The van der Waals surface area contributed by atoms with Crippen molar-refractivity contribution in [2.24, 2.45) is 12.1 Å². The Labute approximate surface area is 139 Å². The molecule has 4 rings (SSSR count). The van der Waals surface area contributed by atoms with Crippen molar-refractivity contribution >= 4 is 22.7 Å². The number of aromatic nitrogens is 2.